The summed E-state index contributed by atoms with van der Waals surface area (Å²) in [7, 11) is 2.92. The Bertz CT molecular complexity index is 589. The van der Waals surface area contributed by atoms with Crippen molar-refractivity contribution < 1.29 is 0 Å². The van der Waals surface area contributed by atoms with Gasteiger partial charge in [0.15, 0.2) is 0 Å². The van der Waals surface area contributed by atoms with Crippen LogP contribution in [0.3, 0.4) is 0 Å². The first-order chi connectivity index (χ1) is 7.49. The van der Waals surface area contributed by atoms with Crippen molar-refractivity contribution in [2.45, 2.75) is 0 Å². The predicted molar refractivity (Wildman–Crippen MR) is 60.0 cm³/mol. The number of hydrogen-bond donors (Lipinski definition) is 0. The van der Waals surface area contributed by atoms with E-state index in [2.05, 4.69) is 16.6 Å². The first kappa shape index (κ1) is 11.8. The molecule has 16 heavy (non-hydrogen) atoms. The highest BCUT2D eigenvalue weighted by molar-refractivity contribution is 5.63. The lowest BCUT2D eigenvalue weighted by Crippen LogP contribution is -2.38. The monoisotopic (exact) mass is 221 g/mol. The molecule has 0 bridgehead atoms. The van der Waals surface area contributed by atoms with Crippen LogP contribution in [0.25, 0.3) is 16.0 Å². The van der Waals surface area contributed by atoms with E-state index in [-0.39, 0.29) is 12.1 Å². The van der Waals surface area contributed by atoms with E-state index in [4.69, 9.17) is 5.53 Å². The molecule has 0 radical (unpaired) electrons. The Balaban J connectivity index is 3.36. The van der Waals surface area contributed by atoms with E-state index >= 15 is 0 Å². The number of hydrogen-bond acceptors (Lipinski definition) is 3. The predicted octanol–water partition coefficient (Wildman–Crippen LogP) is 0.407. The molecule has 0 saturated heterocycles. The minimum Gasteiger partial charge on any atom is -0.303 e. The van der Waals surface area contributed by atoms with Crippen LogP contribution in [0.2, 0.25) is 0 Å². The minimum atomic E-state index is -0.443. The summed E-state index contributed by atoms with van der Waals surface area (Å²) < 4.78 is 2.26. The molecule has 1 heterocycles. The van der Waals surface area contributed by atoms with Crippen molar-refractivity contribution >= 4 is 5.57 Å². The quantitative estimate of drug-likeness (QED) is 0.420. The van der Waals surface area contributed by atoms with Gasteiger partial charge in [-0.05, 0) is 11.1 Å². The van der Waals surface area contributed by atoms with E-state index < -0.39 is 11.2 Å². The Morgan fingerprint density at radius 3 is 2.75 bits per heavy atom. The lowest BCUT2D eigenvalue weighted by Gasteiger charge is -2.06. The van der Waals surface area contributed by atoms with Crippen LogP contribution < -0.4 is 11.2 Å². The molecular formula is C9H11N5O2. The average Bonchev–Trinajstić information content (AvgIpc) is 2.28. The lowest BCUT2D eigenvalue weighted by molar-refractivity contribution is 0.681. The Hall–Kier alpha value is -2.27. The first-order valence-electron chi connectivity index (χ1n) is 4.44. The molecule has 0 aromatic carbocycles. The topological polar surface area (TPSA) is 92.8 Å². The molecule has 0 aliphatic heterocycles. The van der Waals surface area contributed by atoms with Gasteiger partial charge in [0, 0.05) is 25.2 Å². The Morgan fingerprint density at radius 2 is 2.19 bits per heavy atom. The highest BCUT2D eigenvalue weighted by Crippen LogP contribution is 2.05. The van der Waals surface area contributed by atoms with Crippen molar-refractivity contribution in [2.75, 3.05) is 6.54 Å². The number of rotatable bonds is 3. The molecule has 84 valence electrons. The molecule has 1 rings (SSSR count). The zero-order valence-corrected chi connectivity index (χ0v) is 9.04. The summed E-state index contributed by atoms with van der Waals surface area (Å²) in [6, 6.07) is 0. The second kappa shape index (κ2) is 4.50. The molecule has 7 heteroatoms. The van der Waals surface area contributed by atoms with Crippen LogP contribution in [0.15, 0.2) is 27.5 Å². The standard InChI is InChI=1S/C9H11N5O2/c1-6(4-11-12-10)7-5-13(2)9(16)14(3)8(7)15/h5H,1,4H2,2-3H3. The third kappa shape index (κ3) is 2.04. The van der Waals surface area contributed by atoms with Gasteiger partial charge >= 0.3 is 5.69 Å². The highest BCUT2D eigenvalue weighted by Gasteiger charge is 2.08. The fourth-order valence-corrected chi connectivity index (χ4v) is 1.25. The lowest BCUT2D eigenvalue weighted by atomic mass is 10.1. The molecule has 0 aliphatic carbocycles. The van der Waals surface area contributed by atoms with Crippen LogP contribution in [0.1, 0.15) is 5.56 Å². The summed E-state index contributed by atoms with van der Waals surface area (Å²) in [6.07, 6.45) is 1.39. The summed E-state index contributed by atoms with van der Waals surface area (Å²) in [5.74, 6) is 0. The second-order valence-electron chi connectivity index (χ2n) is 3.29. The third-order valence-corrected chi connectivity index (χ3v) is 2.15. The van der Waals surface area contributed by atoms with E-state index in [0.717, 1.165) is 4.57 Å². The van der Waals surface area contributed by atoms with E-state index in [0.29, 0.717) is 5.57 Å². The normalized spacial score (nSPS) is 9.62. The zero-order valence-electron chi connectivity index (χ0n) is 9.04. The minimum absolute atomic E-state index is 0.00391. The van der Waals surface area contributed by atoms with Gasteiger partial charge in [-0.15, -0.1) is 0 Å². The number of azide groups is 1. The summed E-state index contributed by atoms with van der Waals surface area (Å²) in [5.41, 5.74) is 7.97. The maximum atomic E-state index is 11.7. The van der Waals surface area contributed by atoms with Crippen molar-refractivity contribution in [3.63, 3.8) is 0 Å². The fraction of sp³-hybridized carbons (Fsp3) is 0.333. The molecule has 0 spiro atoms. The van der Waals surface area contributed by atoms with Gasteiger partial charge in [-0.1, -0.05) is 11.7 Å². The molecule has 0 fully saturated rings. The van der Waals surface area contributed by atoms with Gasteiger partial charge in [0.2, 0.25) is 0 Å². The van der Waals surface area contributed by atoms with Crippen molar-refractivity contribution in [1.82, 2.24) is 9.13 Å². The molecule has 1 aromatic rings. The largest absolute Gasteiger partial charge is 0.330 e. The molecule has 0 unspecified atom stereocenters. The van der Waals surface area contributed by atoms with Gasteiger partial charge in [0.05, 0.1) is 12.1 Å². The van der Waals surface area contributed by atoms with Crippen molar-refractivity contribution in [3.8, 4) is 0 Å². The van der Waals surface area contributed by atoms with E-state index in [1.54, 1.807) is 0 Å². The van der Waals surface area contributed by atoms with Gasteiger partial charge in [-0.3, -0.25) is 9.36 Å². The van der Waals surface area contributed by atoms with E-state index in [1.165, 1.54) is 24.9 Å². The van der Waals surface area contributed by atoms with Crippen LogP contribution in [-0.2, 0) is 14.1 Å². The summed E-state index contributed by atoms with van der Waals surface area (Å²) in [6.45, 7) is 3.65. The van der Waals surface area contributed by atoms with Gasteiger partial charge in [0.1, 0.15) is 0 Å². The highest BCUT2D eigenvalue weighted by atomic mass is 16.2. The Kier molecular flexibility index (Phi) is 3.32. The maximum Gasteiger partial charge on any atom is 0.330 e. The number of aromatic nitrogens is 2. The van der Waals surface area contributed by atoms with Gasteiger partial charge < -0.3 is 4.57 Å². The summed E-state index contributed by atoms with van der Waals surface area (Å²) >= 11 is 0. The van der Waals surface area contributed by atoms with Crippen LogP contribution in [-0.4, -0.2) is 15.7 Å². The van der Waals surface area contributed by atoms with E-state index in [9.17, 15) is 9.59 Å². The molecular weight excluding hydrogens is 210 g/mol. The second-order valence-corrected chi connectivity index (χ2v) is 3.29. The number of nitrogens with zero attached hydrogens (tertiary/aromatic N) is 5. The van der Waals surface area contributed by atoms with Gasteiger partial charge in [-0.25, -0.2) is 4.79 Å². The summed E-state index contributed by atoms with van der Waals surface area (Å²) in [5, 5.41) is 3.32. The smallest absolute Gasteiger partial charge is 0.303 e. The van der Waals surface area contributed by atoms with Crippen molar-refractivity contribution in [1.29, 1.82) is 0 Å². The molecule has 0 saturated carbocycles. The van der Waals surface area contributed by atoms with Crippen LogP contribution >= 0.6 is 0 Å². The summed E-state index contributed by atoms with van der Waals surface area (Å²) in [4.78, 5) is 25.7. The fourth-order valence-electron chi connectivity index (χ4n) is 1.25. The first-order valence-corrected chi connectivity index (χ1v) is 4.44. The van der Waals surface area contributed by atoms with E-state index in [1.807, 2.05) is 0 Å². The van der Waals surface area contributed by atoms with Gasteiger partial charge in [-0.2, -0.15) is 0 Å². The average molecular weight is 221 g/mol. The molecule has 7 nitrogen and oxygen atoms in total. The molecule has 0 aliphatic rings. The van der Waals surface area contributed by atoms with Crippen molar-refractivity contribution in [2.24, 2.45) is 19.2 Å². The van der Waals surface area contributed by atoms with Crippen LogP contribution in [0.5, 0.6) is 0 Å². The molecule has 0 atom stereocenters. The number of aryl methyl sites for hydroxylation is 1. The van der Waals surface area contributed by atoms with Crippen LogP contribution in [0, 0.1) is 0 Å². The van der Waals surface area contributed by atoms with Crippen molar-refractivity contribution in [3.05, 3.63) is 49.6 Å². The molecule has 0 amide bonds. The molecule has 0 N–H and O–H groups in total. The third-order valence-electron chi connectivity index (χ3n) is 2.15. The van der Waals surface area contributed by atoms with Crippen LogP contribution in [0.4, 0.5) is 0 Å². The Morgan fingerprint density at radius 1 is 1.56 bits per heavy atom. The SMILES string of the molecule is C=C(CN=[N+]=[N-])c1cn(C)c(=O)n(C)c1=O. The molecule has 1 aromatic heterocycles. The van der Waals surface area contributed by atoms with Gasteiger partial charge in [0.25, 0.3) is 5.56 Å². The zero-order chi connectivity index (χ0) is 12.3. The maximum absolute atomic E-state index is 11.7. The Labute approximate surface area is 90.9 Å².